The molecule has 1 aromatic carbocycles. The van der Waals surface area contributed by atoms with Gasteiger partial charge in [-0.3, -0.25) is 0 Å². The Morgan fingerprint density at radius 2 is 2.20 bits per heavy atom. The zero-order chi connectivity index (χ0) is 11.1. The maximum atomic E-state index is 12.0. The first kappa shape index (κ1) is 10.3. The van der Waals surface area contributed by atoms with E-state index in [4.69, 9.17) is 5.73 Å². The first-order valence-corrected chi connectivity index (χ1v) is 6.51. The fourth-order valence-electron chi connectivity index (χ4n) is 1.84. The summed E-state index contributed by atoms with van der Waals surface area (Å²) in [7, 11) is -3.25. The highest BCUT2D eigenvalue weighted by atomic mass is 32.2. The van der Waals surface area contributed by atoms with Crippen LogP contribution in [0.1, 0.15) is 6.92 Å². The molecular formula is C10H14N2O2S. The largest absolute Gasteiger partial charge is 0.398 e. The summed E-state index contributed by atoms with van der Waals surface area (Å²) < 4.78 is 24.0. The molecule has 4 nitrogen and oxygen atoms in total. The monoisotopic (exact) mass is 226 g/mol. The standard InChI is InChI=1S/C10H14N2O2S/c1-7-5-12-9-4-2-3-8(11)10(9)15(13,14)6-7/h2-4,7,12H,5-6,11H2,1H3. The molecule has 2 rings (SSSR count). The molecule has 0 aromatic heterocycles. The Bertz CT molecular complexity index is 482. The lowest BCUT2D eigenvalue weighted by Crippen LogP contribution is -2.16. The van der Waals surface area contributed by atoms with Crippen LogP contribution < -0.4 is 11.1 Å². The quantitative estimate of drug-likeness (QED) is 0.650. The summed E-state index contributed by atoms with van der Waals surface area (Å²) in [6.45, 7) is 2.57. The van der Waals surface area contributed by atoms with Crippen molar-refractivity contribution in [2.24, 2.45) is 5.92 Å². The smallest absolute Gasteiger partial charge is 0.182 e. The molecular weight excluding hydrogens is 212 g/mol. The second kappa shape index (κ2) is 3.41. The molecule has 3 N–H and O–H groups in total. The molecule has 0 aliphatic carbocycles. The van der Waals surface area contributed by atoms with Crippen LogP contribution in [0.3, 0.4) is 0 Å². The summed E-state index contributed by atoms with van der Waals surface area (Å²) in [5.41, 5.74) is 6.66. The van der Waals surface area contributed by atoms with Gasteiger partial charge in [0.1, 0.15) is 4.90 Å². The van der Waals surface area contributed by atoms with Crippen LogP contribution >= 0.6 is 0 Å². The Balaban J connectivity index is 2.65. The normalized spacial score (nSPS) is 23.7. The van der Waals surface area contributed by atoms with Crippen molar-refractivity contribution in [3.05, 3.63) is 18.2 Å². The average Bonchev–Trinajstić information content (AvgIpc) is 2.23. The molecule has 0 bridgehead atoms. The van der Waals surface area contributed by atoms with Gasteiger partial charge in [-0.25, -0.2) is 8.42 Å². The van der Waals surface area contributed by atoms with Crippen molar-refractivity contribution in [3.8, 4) is 0 Å². The molecule has 0 amide bonds. The summed E-state index contributed by atoms with van der Waals surface area (Å²) in [5, 5.41) is 3.11. The number of hydrogen-bond donors (Lipinski definition) is 2. The lowest BCUT2D eigenvalue weighted by atomic mass is 10.2. The highest BCUT2D eigenvalue weighted by Crippen LogP contribution is 2.31. The van der Waals surface area contributed by atoms with Gasteiger partial charge in [0.15, 0.2) is 9.84 Å². The third-order valence-electron chi connectivity index (χ3n) is 2.50. The predicted molar refractivity (Wildman–Crippen MR) is 60.6 cm³/mol. The van der Waals surface area contributed by atoms with E-state index >= 15 is 0 Å². The number of hydrogen-bond acceptors (Lipinski definition) is 4. The van der Waals surface area contributed by atoms with Crippen LogP contribution in [0.25, 0.3) is 0 Å². The van der Waals surface area contributed by atoms with Gasteiger partial charge in [-0.1, -0.05) is 13.0 Å². The van der Waals surface area contributed by atoms with E-state index in [9.17, 15) is 8.42 Å². The van der Waals surface area contributed by atoms with Gasteiger partial charge < -0.3 is 11.1 Å². The lowest BCUT2D eigenvalue weighted by Gasteiger charge is -2.08. The van der Waals surface area contributed by atoms with Gasteiger partial charge in [0, 0.05) is 6.54 Å². The second-order valence-corrected chi connectivity index (χ2v) is 5.96. The van der Waals surface area contributed by atoms with Gasteiger partial charge in [-0.05, 0) is 18.1 Å². The Morgan fingerprint density at radius 1 is 1.47 bits per heavy atom. The number of benzene rings is 1. The number of sulfone groups is 1. The minimum absolute atomic E-state index is 0.0989. The van der Waals surface area contributed by atoms with Crippen molar-refractivity contribution < 1.29 is 8.42 Å². The Morgan fingerprint density at radius 3 is 2.93 bits per heavy atom. The van der Waals surface area contributed by atoms with E-state index in [1.54, 1.807) is 18.2 Å². The topological polar surface area (TPSA) is 72.2 Å². The molecule has 1 atom stereocenters. The van der Waals surface area contributed by atoms with Gasteiger partial charge >= 0.3 is 0 Å². The minimum Gasteiger partial charge on any atom is -0.398 e. The molecule has 1 aromatic rings. The van der Waals surface area contributed by atoms with E-state index in [0.29, 0.717) is 17.9 Å². The van der Waals surface area contributed by atoms with Crippen LogP contribution in [-0.4, -0.2) is 20.7 Å². The van der Waals surface area contributed by atoms with Gasteiger partial charge in [-0.15, -0.1) is 0 Å². The highest BCUT2D eigenvalue weighted by Gasteiger charge is 2.27. The summed E-state index contributed by atoms with van der Waals surface area (Å²) in [5.74, 6) is 0.253. The third-order valence-corrected chi connectivity index (χ3v) is 4.59. The first-order valence-electron chi connectivity index (χ1n) is 4.86. The van der Waals surface area contributed by atoms with E-state index in [1.807, 2.05) is 6.92 Å². The van der Waals surface area contributed by atoms with E-state index in [1.165, 1.54) is 0 Å². The molecule has 1 heterocycles. The molecule has 0 radical (unpaired) electrons. The highest BCUT2D eigenvalue weighted by molar-refractivity contribution is 7.91. The summed E-state index contributed by atoms with van der Waals surface area (Å²) in [6, 6.07) is 5.13. The minimum atomic E-state index is -3.25. The van der Waals surface area contributed by atoms with Gasteiger partial charge in [0.25, 0.3) is 0 Å². The Hall–Kier alpha value is -1.23. The fraction of sp³-hybridized carbons (Fsp3) is 0.400. The van der Waals surface area contributed by atoms with E-state index in [2.05, 4.69) is 5.32 Å². The number of rotatable bonds is 0. The van der Waals surface area contributed by atoms with Crippen LogP contribution in [0, 0.1) is 5.92 Å². The molecule has 15 heavy (non-hydrogen) atoms. The third kappa shape index (κ3) is 1.79. The number of anilines is 2. The van der Waals surface area contributed by atoms with Gasteiger partial charge in [0.05, 0.1) is 17.1 Å². The van der Waals surface area contributed by atoms with E-state index in [0.717, 1.165) is 0 Å². The van der Waals surface area contributed by atoms with Crippen molar-refractivity contribution in [2.45, 2.75) is 11.8 Å². The van der Waals surface area contributed by atoms with E-state index < -0.39 is 9.84 Å². The summed E-state index contributed by atoms with van der Waals surface area (Å²) in [6.07, 6.45) is 0. The molecule has 1 aliphatic rings. The van der Waals surface area contributed by atoms with Crippen LogP contribution in [-0.2, 0) is 9.84 Å². The SMILES string of the molecule is CC1CNc2cccc(N)c2S(=O)(=O)C1. The molecule has 5 heteroatoms. The Labute approximate surface area is 89.4 Å². The maximum Gasteiger partial charge on any atom is 0.182 e. The number of nitrogens with one attached hydrogen (secondary N) is 1. The van der Waals surface area contributed by atoms with Crippen LogP contribution in [0.5, 0.6) is 0 Å². The van der Waals surface area contributed by atoms with Crippen LogP contribution in [0.4, 0.5) is 11.4 Å². The van der Waals surface area contributed by atoms with Crippen molar-refractivity contribution in [2.75, 3.05) is 23.3 Å². The average molecular weight is 226 g/mol. The zero-order valence-electron chi connectivity index (χ0n) is 8.53. The van der Waals surface area contributed by atoms with Gasteiger partial charge in [-0.2, -0.15) is 0 Å². The van der Waals surface area contributed by atoms with Crippen LogP contribution in [0.15, 0.2) is 23.1 Å². The molecule has 0 saturated carbocycles. The number of nitrogens with two attached hydrogens (primary N) is 1. The molecule has 1 unspecified atom stereocenters. The summed E-state index contributed by atoms with van der Waals surface area (Å²) >= 11 is 0. The predicted octanol–water partition coefficient (Wildman–Crippen LogP) is 1.10. The van der Waals surface area contributed by atoms with Crippen molar-refractivity contribution >= 4 is 21.2 Å². The zero-order valence-corrected chi connectivity index (χ0v) is 9.34. The fourth-order valence-corrected chi connectivity index (χ4v) is 3.78. The number of nitrogen functional groups attached to an aromatic ring is 1. The molecule has 1 aliphatic heterocycles. The number of fused-ring (bicyclic) bond motifs is 1. The summed E-state index contributed by atoms with van der Waals surface area (Å²) in [4.78, 5) is 0.259. The molecule has 0 fully saturated rings. The van der Waals surface area contributed by atoms with Crippen LogP contribution in [0.2, 0.25) is 0 Å². The molecule has 0 spiro atoms. The first-order chi connectivity index (χ1) is 7.00. The van der Waals surface area contributed by atoms with Crippen molar-refractivity contribution in [3.63, 3.8) is 0 Å². The van der Waals surface area contributed by atoms with Crippen molar-refractivity contribution in [1.29, 1.82) is 0 Å². The van der Waals surface area contributed by atoms with Gasteiger partial charge in [0.2, 0.25) is 0 Å². The Kier molecular flexibility index (Phi) is 2.34. The second-order valence-electron chi connectivity index (χ2n) is 3.99. The maximum absolute atomic E-state index is 12.0. The lowest BCUT2D eigenvalue weighted by molar-refractivity contribution is 0.582. The van der Waals surface area contributed by atoms with E-state index in [-0.39, 0.29) is 16.6 Å². The molecule has 82 valence electrons. The van der Waals surface area contributed by atoms with Crippen molar-refractivity contribution in [1.82, 2.24) is 0 Å². The molecule has 0 saturated heterocycles.